The van der Waals surface area contributed by atoms with Crippen LogP contribution in [0.4, 0.5) is 0 Å². The van der Waals surface area contributed by atoms with E-state index in [-0.39, 0.29) is 25.7 Å². The fourth-order valence-electron chi connectivity index (χ4n) is 0.511. The summed E-state index contributed by atoms with van der Waals surface area (Å²) in [6.45, 7) is 5.95. The summed E-state index contributed by atoms with van der Waals surface area (Å²) in [7, 11) is 0. The van der Waals surface area contributed by atoms with Crippen molar-refractivity contribution in [3.05, 3.63) is 0 Å². The van der Waals surface area contributed by atoms with Crippen molar-refractivity contribution < 1.29 is 23.4 Å². The number of carbonyl (C=O) groups is 1. The van der Waals surface area contributed by atoms with E-state index in [1.54, 1.807) is 6.92 Å². The molecule has 0 aliphatic heterocycles. The van der Waals surface area contributed by atoms with Gasteiger partial charge in [-0.05, 0) is 12.8 Å². The van der Waals surface area contributed by atoms with E-state index in [1.807, 2.05) is 13.8 Å². The molecule has 11 heavy (non-hydrogen) atoms. The molecule has 0 aliphatic carbocycles. The van der Waals surface area contributed by atoms with Crippen molar-refractivity contribution in [3.63, 3.8) is 0 Å². The summed E-state index contributed by atoms with van der Waals surface area (Å²) >= 11 is 0. The molecular weight excluding hydrogens is 166 g/mol. The molecule has 2 N–H and O–H groups in total. The highest BCUT2D eigenvalue weighted by atomic mass is 35.5. The van der Waals surface area contributed by atoms with Crippen LogP contribution in [0, 0.1) is 5.92 Å². The summed E-state index contributed by atoms with van der Waals surface area (Å²) in [5.74, 6) is -0.156. The molecule has 0 aliphatic rings. The molecule has 0 aromatic heterocycles. The summed E-state index contributed by atoms with van der Waals surface area (Å²) in [5.41, 5.74) is 5.47. The third kappa shape index (κ3) is 5.04. The molecule has 68 valence electrons. The average Bonchev–Trinajstić information content (AvgIpc) is 1.87. The Kier molecular flexibility index (Phi) is 7.79. The Morgan fingerprint density at radius 3 is 2.36 bits per heavy atom. The van der Waals surface area contributed by atoms with E-state index in [0.29, 0.717) is 6.61 Å². The lowest BCUT2D eigenvalue weighted by molar-refractivity contribution is -0.145. The minimum atomic E-state index is -0.472. The molecule has 0 amide bonds. The second-order valence-corrected chi connectivity index (χ2v) is 2.52. The molecule has 0 aromatic rings. The van der Waals surface area contributed by atoms with Gasteiger partial charge in [-0.15, -0.1) is 0 Å². The van der Waals surface area contributed by atoms with Crippen molar-refractivity contribution in [1.29, 1.82) is 0 Å². The van der Waals surface area contributed by atoms with Crippen molar-refractivity contribution in [1.82, 2.24) is 0 Å². The molecule has 0 saturated heterocycles. The Bertz CT molecular complexity index is 122. The first kappa shape index (κ1) is 13.3. The second-order valence-electron chi connectivity index (χ2n) is 2.52. The van der Waals surface area contributed by atoms with E-state index in [4.69, 9.17) is 10.5 Å². The fourth-order valence-corrected chi connectivity index (χ4v) is 0.511. The van der Waals surface area contributed by atoms with E-state index < -0.39 is 6.04 Å². The number of nitrogens with two attached hydrogens (primary N) is 1. The van der Waals surface area contributed by atoms with E-state index in [2.05, 4.69) is 0 Å². The molecule has 0 heterocycles. The lowest BCUT2D eigenvalue weighted by atomic mass is 10.1. The van der Waals surface area contributed by atoms with Gasteiger partial charge in [0, 0.05) is 0 Å². The van der Waals surface area contributed by atoms with Crippen molar-refractivity contribution in [2.75, 3.05) is 6.61 Å². The van der Waals surface area contributed by atoms with Crippen LogP contribution in [0.1, 0.15) is 22.2 Å². The second kappa shape index (κ2) is 6.43. The standard InChI is InChI=1S/C7H15NO2.ClH/c1-4-10-7(9)6(8)5(2)3;/h5-6H,4,8H2,1-3H3;1H. The summed E-state index contributed by atoms with van der Waals surface area (Å²) in [5, 5.41) is 0. The number of esters is 1. The molecular formula is C7H16ClNO2. The molecule has 0 rings (SSSR count). The monoisotopic (exact) mass is 181 g/mol. The molecule has 0 fully saturated rings. The van der Waals surface area contributed by atoms with Gasteiger partial charge in [0.2, 0.25) is 0 Å². The number of rotatable bonds is 3. The fraction of sp³-hybridized carbons (Fsp3) is 0.857. The van der Waals surface area contributed by atoms with Crippen molar-refractivity contribution in [2.45, 2.75) is 26.8 Å². The largest absolute Gasteiger partial charge is 1.00 e. The smallest absolute Gasteiger partial charge is 1.00 e. The van der Waals surface area contributed by atoms with E-state index >= 15 is 0 Å². The van der Waals surface area contributed by atoms with Gasteiger partial charge in [0.25, 0.3) is 0 Å². The van der Waals surface area contributed by atoms with E-state index in [0.717, 1.165) is 0 Å². The molecule has 3 nitrogen and oxygen atoms in total. The highest BCUT2D eigenvalue weighted by Gasteiger charge is 2.17. The zero-order valence-electron chi connectivity index (χ0n) is 8.13. The minimum absolute atomic E-state index is 0. The number of halogens is 1. The van der Waals surface area contributed by atoms with E-state index in [9.17, 15) is 4.79 Å². The van der Waals surface area contributed by atoms with Crippen LogP contribution >= 0.6 is 0 Å². The van der Waals surface area contributed by atoms with Crippen LogP contribution in [0.25, 0.3) is 0 Å². The molecule has 0 spiro atoms. The molecule has 0 radical (unpaired) electrons. The van der Waals surface area contributed by atoms with Crippen molar-refractivity contribution in [2.24, 2.45) is 11.7 Å². The Balaban J connectivity index is -0.000000405. The SMILES string of the molecule is CCOC(=O)C(N)C(C)C.[Cl-].[H+]. The van der Waals surface area contributed by atoms with Gasteiger partial charge in [-0.1, -0.05) is 13.8 Å². The third-order valence-corrected chi connectivity index (χ3v) is 1.28. The molecule has 1 unspecified atom stereocenters. The number of ether oxygens (including phenoxy) is 1. The van der Waals surface area contributed by atoms with E-state index in [1.165, 1.54) is 0 Å². The minimum Gasteiger partial charge on any atom is -1.00 e. The van der Waals surface area contributed by atoms with Crippen LogP contribution in [0.2, 0.25) is 0 Å². The summed E-state index contributed by atoms with van der Waals surface area (Å²) in [4.78, 5) is 10.8. The third-order valence-electron chi connectivity index (χ3n) is 1.28. The number of hydrogen-bond acceptors (Lipinski definition) is 3. The van der Waals surface area contributed by atoms with Crippen LogP contribution in [-0.2, 0) is 9.53 Å². The first-order valence-corrected chi connectivity index (χ1v) is 3.51. The van der Waals surface area contributed by atoms with Crippen LogP contribution in [-0.4, -0.2) is 18.6 Å². The quantitative estimate of drug-likeness (QED) is 0.496. The van der Waals surface area contributed by atoms with Gasteiger partial charge in [-0.25, -0.2) is 0 Å². The van der Waals surface area contributed by atoms with Gasteiger partial charge in [0.05, 0.1) is 6.61 Å². The summed E-state index contributed by atoms with van der Waals surface area (Å²) < 4.78 is 4.70. The van der Waals surface area contributed by atoms with Crippen LogP contribution in [0.3, 0.4) is 0 Å². The highest BCUT2D eigenvalue weighted by Crippen LogP contribution is 1.99. The lowest BCUT2D eigenvalue weighted by Crippen LogP contribution is -3.00. The van der Waals surface area contributed by atoms with Crippen molar-refractivity contribution >= 4 is 5.97 Å². The first-order chi connectivity index (χ1) is 4.59. The number of carbonyl (C=O) groups excluding carboxylic acids is 1. The topological polar surface area (TPSA) is 52.3 Å². The van der Waals surface area contributed by atoms with Crippen LogP contribution in [0.15, 0.2) is 0 Å². The molecule has 1 atom stereocenters. The van der Waals surface area contributed by atoms with Gasteiger partial charge in [0.1, 0.15) is 6.04 Å². The summed E-state index contributed by atoms with van der Waals surface area (Å²) in [6.07, 6.45) is 0. The normalized spacial score (nSPS) is 12.1. The summed E-state index contributed by atoms with van der Waals surface area (Å²) in [6, 6.07) is -0.472. The predicted molar refractivity (Wildman–Crippen MR) is 40.6 cm³/mol. The number of hydrogen-bond donors (Lipinski definition) is 1. The van der Waals surface area contributed by atoms with Gasteiger partial charge < -0.3 is 22.9 Å². The average molecular weight is 182 g/mol. The zero-order valence-corrected chi connectivity index (χ0v) is 7.89. The zero-order chi connectivity index (χ0) is 8.15. The maximum atomic E-state index is 10.8. The molecule has 0 saturated carbocycles. The Hall–Kier alpha value is -0.280. The predicted octanol–water partition coefficient (Wildman–Crippen LogP) is -2.35. The Morgan fingerprint density at radius 1 is 1.64 bits per heavy atom. The first-order valence-electron chi connectivity index (χ1n) is 3.51. The maximum absolute atomic E-state index is 10.8. The highest BCUT2D eigenvalue weighted by molar-refractivity contribution is 5.75. The van der Waals surface area contributed by atoms with Crippen LogP contribution < -0.4 is 18.1 Å². The van der Waals surface area contributed by atoms with Gasteiger partial charge in [-0.2, -0.15) is 0 Å². The van der Waals surface area contributed by atoms with Gasteiger partial charge in [0.15, 0.2) is 0 Å². The van der Waals surface area contributed by atoms with Gasteiger partial charge in [-0.3, -0.25) is 4.79 Å². The maximum Gasteiger partial charge on any atom is 1.00 e. The van der Waals surface area contributed by atoms with Crippen molar-refractivity contribution in [3.8, 4) is 0 Å². The molecule has 4 heteroatoms. The Labute approximate surface area is 75.2 Å². The Morgan fingerprint density at radius 2 is 2.09 bits per heavy atom. The van der Waals surface area contributed by atoms with Gasteiger partial charge >= 0.3 is 7.40 Å². The molecule has 0 bridgehead atoms. The van der Waals surface area contributed by atoms with Crippen LogP contribution in [0.5, 0.6) is 0 Å². The lowest BCUT2D eigenvalue weighted by Gasteiger charge is -2.12. The molecule has 0 aromatic carbocycles.